The third-order valence-corrected chi connectivity index (χ3v) is 5.34. The van der Waals surface area contributed by atoms with Crippen LogP contribution in [-0.2, 0) is 18.4 Å². The normalized spacial score (nSPS) is 19.7. The van der Waals surface area contributed by atoms with E-state index in [1.54, 1.807) is 0 Å². The van der Waals surface area contributed by atoms with E-state index < -0.39 is 0 Å². The fourth-order valence-electron chi connectivity index (χ4n) is 3.74. The molecule has 0 spiro atoms. The Hall–Kier alpha value is -1.66. The number of nitrogens with zero attached hydrogens (tertiary/aromatic N) is 5. The third kappa shape index (κ3) is 4.70. The average molecular weight is 345 g/mol. The first-order chi connectivity index (χ1) is 12.2. The summed E-state index contributed by atoms with van der Waals surface area (Å²) in [6.07, 6.45) is 10.7. The van der Waals surface area contributed by atoms with E-state index >= 15 is 0 Å². The number of rotatable bonds is 6. The maximum absolute atomic E-state index is 12.7. The highest BCUT2D eigenvalue weighted by atomic mass is 16.2. The number of imidazole rings is 1. The summed E-state index contributed by atoms with van der Waals surface area (Å²) < 4.78 is 2.08. The molecule has 1 aromatic rings. The lowest BCUT2D eigenvalue weighted by atomic mass is 10.0. The molecule has 1 fully saturated rings. The van der Waals surface area contributed by atoms with Crippen molar-refractivity contribution in [3.63, 3.8) is 0 Å². The van der Waals surface area contributed by atoms with Gasteiger partial charge in [0.1, 0.15) is 5.82 Å². The molecule has 0 bridgehead atoms. The van der Waals surface area contributed by atoms with Crippen molar-refractivity contribution >= 4 is 5.91 Å². The molecule has 1 aromatic heterocycles. The quantitative estimate of drug-likeness (QED) is 0.789. The van der Waals surface area contributed by atoms with E-state index in [-0.39, 0.29) is 5.91 Å². The first kappa shape index (κ1) is 18.1. The summed E-state index contributed by atoms with van der Waals surface area (Å²) >= 11 is 0. The molecule has 1 saturated heterocycles. The number of likely N-dealkylation sites (N-methyl/N-ethyl adjacent to an activating group) is 1. The molecule has 6 heteroatoms. The van der Waals surface area contributed by atoms with Gasteiger partial charge in [-0.2, -0.15) is 0 Å². The molecule has 1 aliphatic carbocycles. The molecule has 0 N–H and O–H groups in total. The van der Waals surface area contributed by atoms with Crippen LogP contribution in [0.1, 0.15) is 38.4 Å². The Kier molecular flexibility index (Phi) is 6.26. The van der Waals surface area contributed by atoms with E-state index in [0.29, 0.717) is 6.54 Å². The van der Waals surface area contributed by atoms with Gasteiger partial charge in [0.15, 0.2) is 0 Å². The first-order valence-corrected chi connectivity index (χ1v) is 9.57. The van der Waals surface area contributed by atoms with Gasteiger partial charge in [-0.1, -0.05) is 6.08 Å². The van der Waals surface area contributed by atoms with Gasteiger partial charge < -0.3 is 9.47 Å². The fourth-order valence-corrected chi connectivity index (χ4v) is 3.74. The summed E-state index contributed by atoms with van der Waals surface area (Å²) in [5.41, 5.74) is 1.24. The van der Waals surface area contributed by atoms with Crippen LogP contribution in [0.4, 0.5) is 0 Å². The second kappa shape index (κ2) is 8.63. The molecule has 2 heterocycles. The van der Waals surface area contributed by atoms with Gasteiger partial charge >= 0.3 is 0 Å². The molecule has 25 heavy (non-hydrogen) atoms. The van der Waals surface area contributed by atoms with Crippen LogP contribution >= 0.6 is 0 Å². The Morgan fingerprint density at radius 1 is 1.20 bits per heavy atom. The zero-order chi connectivity index (χ0) is 17.6. The van der Waals surface area contributed by atoms with Crippen LogP contribution in [0.2, 0.25) is 0 Å². The topological polar surface area (TPSA) is 44.6 Å². The van der Waals surface area contributed by atoms with Crippen molar-refractivity contribution in [3.8, 4) is 0 Å². The molecule has 0 aromatic carbocycles. The molecule has 6 nitrogen and oxygen atoms in total. The molecule has 138 valence electrons. The Morgan fingerprint density at radius 3 is 2.56 bits per heavy atom. The lowest BCUT2D eigenvalue weighted by molar-refractivity contribution is -0.131. The number of hydrogen-bond donors (Lipinski definition) is 0. The van der Waals surface area contributed by atoms with Crippen molar-refractivity contribution in [2.45, 2.75) is 39.2 Å². The molecule has 0 saturated carbocycles. The van der Waals surface area contributed by atoms with Crippen molar-refractivity contribution in [2.24, 2.45) is 7.05 Å². The van der Waals surface area contributed by atoms with Crippen molar-refractivity contribution in [1.29, 1.82) is 0 Å². The largest absolute Gasteiger partial charge is 0.337 e. The van der Waals surface area contributed by atoms with Gasteiger partial charge in [-0.15, -0.1) is 0 Å². The van der Waals surface area contributed by atoms with Gasteiger partial charge in [-0.05, 0) is 32.6 Å². The monoisotopic (exact) mass is 345 g/mol. The zero-order valence-corrected chi connectivity index (χ0v) is 15.7. The Labute approximate surface area is 151 Å². The van der Waals surface area contributed by atoms with Crippen molar-refractivity contribution in [1.82, 2.24) is 24.3 Å². The predicted octanol–water partition coefficient (Wildman–Crippen LogP) is 1.84. The number of carbonyl (C=O) groups excluding carboxylic acids is 1. The fraction of sp³-hybridized carbons (Fsp3) is 0.684. The van der Waals surface area contributed by atoms with Crippen LogP contribution in [0, 0.1) is 0 Å². The second-order valence-corrected chi connectivity index (χ2v) is 7.09. The maximum atomic E-state index is 12.7. The third-order valence-electron chi connectivity index (χ3n) is 5.34. The number of aromatic nitrogens is 2. The highest BCUT2D eigenvalue weighted by molar-refractivity contribution is 5.80. The number of hydrogen-bond acceptors (Lipinski definition) is 4. The van der Waals surface area contributed by atoms with Gasteiger partial charge in [0.2, 0.25) is 5.91 Å². The summed E-state index contributed by atoms with van der Waals surface area (Å²) in [5, 5.41) is 0. The van der Waals surface area contributed by atoms with Crippen LogP contribution in [-0.4, -0.2) is 69.4 Å². The Balaban J connectivity index is 1.47. The number of piperazine rings is 1. The molecule has 0 radical (unpaired) electrons. The van der Waals surface area contributed by atoms with Crippen LogP contribution in [0.15, 0.2) is 24.2 Å². The van der Waals surface area contributed by atoms with Gasteiger partial charge in [-0.25, -0.2) is 4.98 Å². The van der Waals surface area contributed by atoms with E-state index in [1.165, 1.54) is 18.5 Å². The molecule has 0 unspecified atom stereocenters. The number of carbonyl (C=O) groups is 1. The highest BCUT2D eigenvalue weighted by Gasteiger charge is 2.23. The van der Waals surface area contributed by atoms with Crippen molar-refractivity contribution < 1.29 is 4.79 Å². The lowest BCUT2D eigenvalue weighted by Gasteiger charge is -2.35. The highest BCUT2D eigenvalue weighted by Crippen LogP contribution is 2.21. The SMILES string of the molecule is CCN(C(=O)CN1CCN(Cc2nccn2C)CC1)C1=CCCCC1. The molecule has 1 amide bonds. The lowest BCUT2D eigenvalue weighted by Crippen LogP contribution is -2.49. The predicted molar refractivity (Wildman–Crippen MR) is 98.9 cm³/mol. The summed E-state index contributed by atoms with van der Waals surface area (Å²) in [6.45, 7) is 8.19. The maximum Gasteiger partial charge on any atom is 0.240 e. The number of amides is 1. The van der Waals surface area contributed by atoms with Crippen LogP contribution in [0.5, 0.6) is 0 Å². The van der Waals surface area contributed by atoms with E-state index in [4.69, 9.17) is 0 Å². The standard InChI is InChI=1S/C19H31N5O/c1-3-24(17-7-5-4-6-8-17)19(25)16-23-13-11-22(12-14-23)15-18-20-9-10-21(18)2/h7,9-10H,3-6,8,11-16H2,1-2H3. The van der Waals surface area contributed by atoms with Crippen LogP contribution in [0.25, 0.3) is 0 Å². The van der Waals surface area contributed by atoms with E-state index in [2.05, 4.69) is 32.4 Å². The van der Waals surface area contributed by atoms with Gasteiger partial charge in [0.05, 0.1) is 13.1 Å². The summed E-state index contributed by atoms with van der Waals surface area (Å²) in [6, 6.07) is 0. The van der Waals surface area contributed by atoms with Crippen LogP contribution in [0.3, 0.4) is 0 Å². The number of allylic oxidation sites excluding steroid dienone is 2. The van der Waals surface area contributed by atoms with Gasteiger partial charge in [0, 0.05) is 57.9 Å². The molecule has 3 rings (SSSR count). The summed E-state index contributed by atoms with van der Waals surface area (Å²) in [4.78, 5) is 23.9. The molecule has 2 aliphatic rings. The molecular formula is C19H31N5O. The molecular weight excluding hydrogens is 314 g/mol. The van der Waals surface area contributed by atoms with E-state index in [0.717, 1.165) is 57.9 Å². The van der Waals surface area contributed by atoms with Crippen molar-refractivity contribution in [3.05, 3.63) is 30.0 Å². The Morgan fingerprint density at radius 2 is 1.96 bits per heavy atom. The molecule has 0 atom stereocenters. The summed E-state index contributed by atoms with van der Waals surface area (Å²) in [7, 11) is 2.04. The van der Waals surface area contributed by atoms with E-state index in [9.17, 15) is 4.79 Å². The minimum absolute atomic E-state index is 0.258. The van der Waals surface area contributed by atoms with E-state index in [1.807, 2.05) is 24.3 Å². The van der Waals surface area contributed by atoms with Crippen LogP contribution < -0.4 is 0 Å². The minimum atomic E-state index is 0.258. The van der Waals surface area contributed by atoms with Crippen molar-refractivity contribution in [2.75, 3.05) is 39.3 Å². The first-order valence-electron chi connectivity index (χ1n) is 9.57. The minimum Gasteiger partial charge on any atom is -0.337 e. The second-order valence-electron chi connectivity index (χ2n) is 7.09. The zero-order valence-electron chi connectivity index (χ0n) is 15.7. The van der Waals surface area contributed by atoms with Gasteiger partial charge in [-0.3, -0.25) is 14.6 Å². The van der Waals surface area contributed by atoms with Gasteiger partial charge in [0.25, 0.3) is 0 Å². The molecule has 1 aliphatic heterocycles. The Bertz CT molecular complexity index is 601. The average Bonchev–Trinajstić information content (AvgIpc) is 3.03. The number of aryl methyl sites for hydroxylation is 1. The smallest absolute Gasteiger partial charge is 0.240 e. The summed E-state index contributed by atoms with van der Waals surface area (Å²) in [5.74, 6) is 1.36.